The summed E-state index contributed by atoms with van der Waals surface area (Å²) in [5.74, 6) is -2.16. The van der Waals surface area contributed by atoms with E-state index in [0.717, 1.165) is 30.0 Å². The molecule has 0 spiro atoms. The third-order valence-electron chi connectivity index (χ3n) is 2.23. The van der Waals surface area contributed by atoms with Crippen LogP contribution in [0.25, 0.3) is 0 Å². The standard InChI is InChI=1S/C12H10F2N4O2S/c13-6-1-7(14)3-8(2-6)16-11(20)5-21-12-17-9(15)4-10(19)18-12/h1-4H,5H2,(H,16,20)(H3,15,17,18,19). The number of benzene rings is 1. The van der Waals surface area contributed by atoms with Crippen molar-refractivity contribution in [1.29, 1.82) is 0 Å². The molecule has 0 saturated carbocycles. The summed E-state index contributed by atoms with van der Waals surface area (Å²) in [6, 6.07) is 3.80. The summed E-state index contributed by atoms with van der Waals surface area (Å²) >= 11 is 0.938. The molecule has 110 valence electrons. The van der Waals surface area contributed by atoms with Gasteiger partial charge in [0.05, 0.1) is 5.75 Å². The molecule has 0 radical (unpaired) electrons. The van der Waals surface area contributed by atoms with Crippen LogP contribution < -0.4 is 16.6 Å². The summed E-state index contributed by atoms with van der Waals surface area (Å²) < 4.78 is 25.9. The average Bonchev–Trinajstić information content (AvgIpc) is 2.34. The third kappa shape index (κ3) is 4.56. The zero-order valence-corrected chi connectivity index (χ0v) is 11.3. The Morgan fingerprint density at radius 2 is 1.95 bits per heavy atom. The molecule has 0 aliphatic heterocycles. The molecule has 0 aliphatic rings. The smallest absolute Gasteiger partial charge is 0.253 e. The van der Waals surface area contributed by atoms with Gasteiger partial charge in [0.15, 0.2) is 5.16 Å². The maximum atomic E-state index is 13.0. The molecule has 4 N–H and O–H groups in total. The quantitative estimate of drug-likeness (QED) is 0.584. The van der Waals surface area contributed by atoms with E-state index in [2.05, 4.69) is 15.3 Å². The molecule has 2 rings (SSSR count). The van der Waals surface area contributed by atoms with Crippen LogP contribution in [-0.4, -0.2) is 21.6 Å². The van der Waals surface area contributed by atoms with Crippen molar-refractivity contribution >= 4 is 29.2 Å². The number of hydrogen-bond donors (Lipinski definition) is 3. The highest BCUT2D eigenvalue weighted by molar-refractivity contribution is 7.99. The number of nitrogen functional groups attached to an aromatic ring is 1. The Balaban J connectivity index is 1.97. The predicted molar refractivity (Wildman–Crippen MR) is 75.0 cm³/mol. The lowest BCUT2D eigenvalue weighted by Crippen LogP contribution is -2.16. The number of thioether (sulfide) groups is 1. The molecule has 0 aliphatic carbocycles. The highest BCUT2D eigenvalue weighted by Gasteiger charge is 2.08. The van der Waals surface area contributed by atoms with Gasteiger partial charge in [-0.1, -0.05) is 11.8 Å². The summed E-state index contributed by atoms with van der Waals surface area (Å²) in [6.07, 6.45) is 0. The first-order valence-electron chi connectivity index (χ1n) is 5.68. The van der Waals surface area contributed by atoms with E-state index >= 15 is 0 Å². The zero-order chi connectivity index (χ0) is 15.4. The van der Waals surface area contributed by atoms with E-state index in [9.17, 15) is 18.4 Å². The molecule has 1 heterocycles. The Morgan fingerprint density at radius 3 is 2.57 bits per heavy atom. The van der Waals surface area contributed by atoms with E-state index in [1.807, 2.05) is 0 Å². The van der Waals surface area contributed by atoms with Gasteiger partial charge in [-0.15, -0.1) is 0 Å². The van der Waals surface area contributed by atoms with Crippen molar-refractivity contribution in [3.63, 3.8) is 0 Å². The van der Waals surface area contributed by atoms with Gasteiger partial charge < -0.3 is 16.0 Å². The number of nitrogens with one attached hydrogen (secondary N) is 2. The fourth-order valence-corrected chi connectivity index (χ4v) is 2.16. The first-order chi connectivity index (χ1) is 9.92. The fraction of sp³-hybridized carbons (Fsp3) is 0.0833. The minimum absolute atomic E-state index is 0.00660. The minimum atomic E-state index is -0.792. The lowest BCUT2D eigenvalue weighted by Gasteiger charge is -2.05. The van der Waals surface area contributed by atoms with Crippen LogP contribution in [-0.2, 0) is 4.79 Å². The van der Waals surface area contributed by atoms with Crippen molar-refractivity contribution in [2.75, 3.05) is 16.8 Å². The number of rotatable bonds is 4. The largest absolute Gasteiger partial charge is 0.383 e. The van der Waals surface area contributed by atoms with Gasteiger partial charge in [0.1, 0.15) is 17.5 Å². The zero-order valence-electron chi connectivity index (χ0n) is 10.5. The number of hydrogen-bond acceptors (Lipinski definition) is 5. The van der Waals surface area contributed by atoms with E-state index < -0.39 is 23.1 Å². The number of anilines is 2. The topological polar surface area (TPSA) is 101 Å². The van der Waals surface area contributed by atoms with Gasteiger partial charge in [-0.3, -0.25) is 9.59 Å². The molecule has 6 nitrogen and oxygen atoms in total. The molecule has 0 unspecified atom stereocenters. The monoisotopic (exact) mass is 312 g/mol. The first-order valence-corrected chi connectivity index (χ1v) is 6.66. The lowest BCUT2D eigenvalue weighted by molar-refractivity contribution is -0.113. The Bertz CT molecular complexity index is 715. The Kier molecular flexibility index (Phi) is 4.53. The SMILES string of the molecule is Nc1cc(=O)[nH]c(SCC(=O)Nc2cc(F)cc(F)c2)n1. The molecule has 0 saturated heterocycles. The van der Waals surface area contributed by atoms with Crippen molar-refractivity contribution in [3.05, 3.63) is 46.3 Å². The average molecular weight is 312 g/mol. The summed E-state index contributed by atoms with van der Waals surface area (Å²) in [5.41, 5.74) is 4.97. The molecule has 0 atom stereocenters. The first kappa shape index (κ1) is 15.0. The summed E-state index contributed by atoms with van der Waals surface area (Å²) in [5, 5.41) is 2.51. The highest BCUT2D eigenvalue weighted by atomic mass is 32.2. The van der Waals surface area contributed by atoms with Crippen molar-refractivity contribution in [3.8, 4) is 0 Å². The van der Waals surface area contributed by atoms with Crippen LogP contribution in [0.15, 0.2) is 34.2 Å². The van der Waals surface area contributed by atoms with Gasteiger partial charge in [-0.2, -0.15) is 0 Å². The van der Waals surface area contributed by atoms with E-state index in [4.69, 9.17) is 5.73 Å². The Hall–Kier alpha value is -2.42. The van der Waals surface area contributed by atoms with Crippen LogP contribution in [0.4, 0.5) is 20.3 Å². The number of nitrogens with two attached hydrogens (primary N) is 1. The second-order valence-electron chi connectivity index (χ2n) is 3.97. The summed E-state index contributed by atoms with van der Waals surface area (Å²) in [7, 11) is 0. The van der Waals surface area contributed by atoms with Gasteiger partial charge in [-0.05, 0) is 12.1 Å². The number of aromatic nitrogens is 2. The van der Waals surface area contributed by atoms with Crippen molar-refractivity contribution in [1.82, 2.24) is 9.97 Å². The van der Waals surface area contributed by atoms with Gasteiger partial charge in [0.25, 0.3) is 5.56 Å². The van der Waals surface area contributed by atoms with Crippen molar-refractivity contribution in [2.45, 2.75) is 5.16 Å². The molecular weight excluding hydrogens is 302 g/mol. The maximum Gasteiger partial charge on any atom is 0.253 e. The fourth-order valence-electron chi connectivity index (χ4n) is 1.48. The number of carbonyl (C=O) groups excluding carboxylic acids is 1. The molecular formula is C12H10F2N4O2S. The number of aromatic amines is 1. The maximum absolute atomic E-state index is 13.0. The van der Waals surface area contributed by atoms with E-state index in [-0.39, 0.29) is 22.4 Å². The predicted octanol–water partition coefficient (Wildman–Crippen LogP) is 1.36. The van der Waals surface area contributed by atoms with Gasteiger partial charge in [-0.25, -0.2) is 13.8 Å². The normalized spacial score (nSPS) is 10.4. The van der Waals surface area contributed by atoms with E-state index in [0.29, 0.717) is 6.07 Å². The van der Waals surface area contributed by atoms with Crippen LogP contribution in [0.1, 0.15) is 0 Å². The second kappa shape index (κ2) is 6.35. The van der Waals surface area contributed by atoms with Crippen LogP contribution in [0.5, 0.6) is 0 Å². The molecule has 2 aromatic rings. The van der Waals surface area contributed by atoms with Gasteiger partial charge >= 0.3 is 0 Å². The molecule has 1 aromatic carbocycles. The number of halogens is 2. The summed E-state index contributed by atoms with van der Waals surface area (Å²) in [4.78, 5) is 29.0. The van der Waals surface area contributed by atoms with E-state index in [1.165, 1.54) is 0 Å². The minimum Gasteiger partial charge on any atom is -0.383 e. The molecule has 0 fully saturated rings. The lowest BCUT2D eigenvalue weighted by atomic mass is 10.3. The van der Waals surface area contributed by atoms with Crippen molar-refractivity contribution in [2.24, 2.45) is 0 Å². The second-order valence-corrected chi connectivity index (χ2v) is 4.93. The number of H-pyrrole nitrogens is 1. The molecule has 0 bridgehead atoms. The molecule has 1 amide bonds. The Labute approximate surface area is 121 Å². The number of nitrogens with zero attached hydrogens (tertiary/aromatic N) is 1. The molecule has 1 aromatic heterocycles. The van der Waals surface area contributed by atoms with E-state index in [1.54, 1.807) is 0 Å². The third-order valence-corrected chi connectivity index (χ3v) is 3.10. The van der Waals surface area contributed by atoms with Crippen LogP contribution in [0, 0.1) is 11.6 Å². The molecule has 9 heteroatoms. The Morgan fingerprint density at radius 1 is 1.29 bits per heavy atom. The van der Waals surface area contributed by atoms with Crippen LogP contribution in [0.3, 0.4) is 0 Å². The van der Waals surface area contributed by atoms with Gasteiger partial charge in [0, 0.05) is 17.8 Å². The number of carbonyl (C=O) groups is 1. The van der Waals surface area contributed by atoms with Crippen LogP contribution in [0.2, 0.25) is 0 Å². The van der Waals surface area contributed by atoms with Crippen LogP contribution >= 0.6 is 11.8 Å². The van der Waals surface area contributed by atoms with Gasteiger partial charge in [0.2, 0.25) is 5.91 Å². The number of amides is 1. The highest BCUT2D eigenvalue weighted by Crippen LogP contribution is 2.15. The molecule has 21 heavy (non-hydrogen) atoms. The summed E-state index contributed by atoms with van der Waals surface area (Å²) in [6.45, 7) is 0. The van der Waals surface area contributed by atoms with Crippen molar-refractivity contribution < 1.29 is 13.6 Å².